The van der Waals surface area contributed by atoms with Crippen LogP contribution in [0.2, 0.25) is 0 Å². The van der Waals surface area contributed by atoms with Gasteiger partial charge in [0, 0.05) is 56.8 Å². The fourth-order valence-corrected chi connectivity index (χ4v) is 4.22. The third-order valence-corrected chi connectivity index (χ3v) is 5.66. The number of carbonyl (C=O) groups excluding carboxylic acids is 1. The van der Waals surface area contributed by atoms with E-state index in [0.717, 1.165) is 56.0 Å². The molecule has 0 N–H and O–H groups in total. The van der Waals surface area contributed by atoms with E-state index in [0.29, 0.717) is 11.8 Å². The van der Waals surface area contributed by atoms with Gasteiger partial charge in [0.15, 0.2) is 5.82 Å². The summed E-state index contributed by atoms with van der Waals surface area (Å²) < 4.78 is 1.98. The van der Waals surface area contributed by atoms with Crippen molar-refractivity contribution in [1.82, 2.24) is 24.4 Å². The number of aromatic nitrogens is 4. The van der Waals surface area contributed by atoms with Crippen LogP contribution in [0.1, 0.15) is 50.1 Å². The molecule has 2 aliphatic rings. The third kappa shape index (κ3) is 3.17. The Hall–Kier alpha value is -2.24. The number of hydrogen-bond acceptors (Lipinski definition) is 4. The highest BCUT2D eigenvalue weighted by Crippen LogP contribution is 2.34. The molecule has 6 heteroatoms. The van der Waals surface area contributed by atoms with E-state index in [4.69, 9.17) is 0 Å². The van der Waals surface area contributed by atoms with Gasteiger partial charge in [-0.3, -0.25) is 9.78 Å². The van der Waals surface area contributed by atoms with Gasteiger partial charge in [0.1, 0.15) is 5.69 Å². The Kier molecular flexibility index (Phi) is 4.51. The normalized spacial score (nSPS) is 19.5. The van der Waals surface area contributed by atoms with Crippen molar-refractivity contribution in [3.63, 3.8) is 0 Å². The van der Waals surface area contributed by atoms with Gasteiger partial charge >= 0.3 is 0 Å². The van der Waals surface area contributed by atoms with E-state index in [2.05, 4.69) is 19.9 Å². The first-order valence-corrected chi connectivity index (χ1v) is 9.31. The maximum atomic E-state index is 12.6. The van der Waals surface area contributed by atoms with Crippen molar-refractivity contribution < 1.29 is 4.79 Å². The molecule has 4 rings (SSSR count). The molecule has 0 radical (unpaired) electrons. The minimum absolute atomic E-state index is 0.274. The number of aryl methyl sites for hydroxylation is 1. The topological polar surface area (TPSA) is 63.9 Å². The van der Waals surface area contributed by atoms with Crippen molar-refractivity contribution in [2.45, 2.75) is 44.4 Å². The lowest BCUT2D eigenvalue weighted by molar-refractivity contribution is -0.136. The first kappa shape index (κ1) is 16.2. The van der Waals surface area contributed by atoms with E-state index >= 15 is 0 Å². The molecular weight excluding hydrogens is 314 g/mol. The summed E-state index contributed by atoms with van der Waals surface area (Å²) in [6, 6.07) is 0. The number of carbonyl (C=O) groups is 1. The first-order valence-electron chi connectivity index (χ1n) is 9.31. The summed E-state index contributed by atoms with van der Waals surface area (Å²) in [7, 11) is 1.98. The van der Waals surface area contributed by atoms with Gasteiger partial charge in [-0.05, 0) is 25.7 Å². The number of piperidine rings is 1. The lowest BCUT2D eigenvalue weighted by atomic mass is 9.91. The molecule has 25 heavy (non-hydrogen) atoms. The summed E-state index contributed by atoms with van der Waals surface area (Å²) >= 11 is 0. The van der Waals surface area contributed by atoms with Crippen LogP contribution in [0.3, 0.4) is 0 Å². The van der Waals surface area contributed by atoms with Gasteiger partial charge in [0.05, 0.1) is 5.69 Å². The van der Waals surface area contributed by atoms with Gasteiger partial charge in [-0.2, -0.15) is 0 Å². The molecule has 1 aliphatic carbocycles. The van der Waals surface area contributed by atoms with Gasteiger partial charge in [-0.15, -0.1) is 0 Å². The highest BCUT2D eigenvalue weighted by atomic mass is 16.2. The first-order chi connectivity index (χ1) is 12.2. The van der Waals surface area contributed by atoms with Gasteiger partial charge in [0.25, 0.3) is 0 Å². The van der Waals surface area contributed by atoms with Crippen molar-refractivity contribution in [1.29, 1.82) is 0 Å². The molecule has 0 bridgehead atoms. The highest BCUT2D eigenvalue weighted by Gasteiger charge is 2.31. The van der Waals surface area contributed by atoms with Crippen LogP contribution in [0.25, 0.3) is 11.5 Å². The molecule has 0 unspecified atom stereocenters. The molecule has 0 atom stereocenters. The number of likely N-dealkylation sites (tertiary alicyclic amines) is 1. The molecule has 1 amide bonds. The molecule has 1 aliphatic heterocycles. The second-order valence-electron chi connectivity index (χ2n) is 7.23. The zero-order chi connectivity index (χ0) is 17.2. The Labute approximate surface area is 148 Å². The summed E-state index contributed by atoms with van der Waals surface area (Å²) in [4.78, 5) is 28.3. The third-order valence-electron chi connectivity index (χ3n) is 5.66. The second-order valence-corrected chi connectivity index (χ2v) is 7.23. The Morgan fingerprint density at radius 2 is 1.72 bits per heavy atom. The molecule has 0 aromatic carbocycles. The van der Waals surface area contributed by atoms with Crippen LogP contribution in [0.15, 0.2) is 24.8 Å². The average molecular weight is 339 g/mol. The fourth-order valence-electron chi connectivity index (χ4n) is 4.22. The molecular formula is C19H25N5O. The van der Waals surface area contributed by atoms with Crippen LogP contribution < -0.4 is 0 Å². The Morgan fingerprint density at radius 3 is 2.40 bits per heavy atom. The summed E-state index contributed by atoms with van der Waals surface area (Å²) in [5.74, 6) is 1.84. The highest BCUT2D eigenvalue weighted by molar-refractivity contribution is 5.79. The Bertz CT molecular complexity index is 742. The molecule has 2 aromatic heterocycles. The predicted molar refractivity (Wildman–Crippen MR) is 94.7 cm³/mol. The van der Waals surface area contributed by atoms with E-state index in [1.807, 2.05) is 17.8 Å². The van der Waals surface area contributed by atoms with Gasteiger partial charge in [-0.25, -0.2) is 9.97 Å². The summed E-state index contributed by atoms with van der Waals surface area (Å²) in [6.07, 6.45) is 13.7. The number of rotatable bonds is 3. The molecule has 0 spiro atoms. The van der Waals surface area contributed by atoms with Crippen molar-refractivity contribution in [2.24, 2.45) is 13.0 Å². The van der Waals surface area contributed by atoms with Crippen LogP contribution >= 0.6 is 0 Å². The zero-order valence-electron chi connectivity index (χ0n) is 14.8. The predicted octanol–water partition coefficient (Wildman–Crippen LogP) is 2.77. The van der Waals surface area contributed by atoms with E-state index in [9.17, 15) is 4.79 Å². The van der Waals surface area contributed by atoms with Crippen LogP contribution in [-0.4, -0.2) is 43.4 Å². The molecule has 1 saturated heterocycles. The van der Waals surface area contributed by atoms with Crippen molar-refractivity contribution in [2.75, 3.05) is 13.1 Å². The van der Waals surface area contributed by atoms with E-state index in [1.165, 1.54) is 12.8 Å². The minimum Gasteiger partial charge on any atom is -0.342 e. The van der Waals surface area contributed by atoms with Crippen LogP contribution in [-0.2, 0) is 11.8 Å². The maximum absolute atomic E-state index is 12.6. The lowest BCUT2D eigenvalue weighted by Gasteiger charge is -2.33. The Balaban J connectivity index is 1.48. The van der Waals surface area contributed by atoms with E-state index < -0.39 is 0 Å². The lowest BCUT2D eigenvalue weighted by Crippen LogP contribution is -2.41. The number of amides is 1. The standard InChI is InChI=1S/C19H25N5O/c1-23-13-10-22-18(23)17-16(20-8-9-21-17)14-6-11-24(12-7-14)19(25)15-4-2-3-5-15/h8-10,13-15H,2-7,11-12H2,1H3. The summed E-state index contributed by atoms with van der Waals surface area (Å²) in [5.41, 5.74) is 1.89. The van der Waals surface area contributed by atoms with Gasteiger partial charge in [0.2, 0.25) is 5.91 Å². The number of nitrogens with zero attached hydrogens (tertiary/aromatic N) is 5. The summed E-state index contributed by atoms with van der Waals surface area (Å²) in [6.45, 7) is 1.66. The van der Waals surface area contributed by atoms with Crippen LogP contribution in [0.5, 0.6) is 0 Å². The van der Waals surface area contributed by atoms with Crippen molar-refractivity contribution in [3.8, 4) is 11.5 Å². The molecule has 2 fully saturated rings. The molecule has 1 saturated carbocycles. The SMILES string of the molecule is Cn1ccnc1-c1nccnc1C1CCN(C(=O)C2CCCC2)CC1. The molecule has 2 aromatic rings. The molecule has 3 heterocycles. The maximum Gasteiger partial charge on any atom is 0.225 e. The number of hydrogen-bond donors (Lipinski definition) is 0. The molecule has 6 nitrogen and oxygen atoms in total. The quantitative estimate of drug-likeness (QED) is 0.862. The second kappa shape index (κ2) is 6.94. The zero-order valence-corrected chi connectivity index (χ0v) is 14.8. The van der Waals surface area contributed by atoms with E-state index in [-0.39, 0.29) is 5.92 Å². The molecule has 132 valence electrons. The van der Waals surface area contributed by atoms with Crippen LogP contribution in [0.4, 0.5) is 0 Å². The largest absolute Gasteiger partial charge is 0.342 e. The van der Waals surface area contributed by atoms with Crippen molar-refractivity contribution in [3.05, 3.63) is 30.5 Å². The monoisotopic (exact) mass is 339 g/mol. The fraction of sp³-hybridized carbons (Fsp3) is 0.579. The van der Waals surface area contributed by atoms with Gasteiger partial charge < -0.3 is 9.47 Å². The average Bonchev–Trinajstić information content (AvgIpc) is 3.33. The smallest absolute Gasteiger partial charge is 0.225 e. The Morgan fingerprint density at radius 1 is 1.00 bits per heavy atom. The number of imidazole rings is 1. The minimum atomic E-state index is 0.274. The van der Waals surface area contributed by atoms with Gasteiger partial charge in [-0.1, -0.05) is 12.8 Å². The van der Waals surface area contributed by atoms with Crippen molar-refractivity contribution >= 4 is 5.91 Å². The summed E-state index contributed by atoms with van der Waals surface area (Å²) in [5, 5.41) is 0. The van der Waals surface area contributed by atoms with Crippen LogP contribution in [0, 0.1) is 5.92 Å². The van der Waals surface area contributed by atoms with E-state index in [1.54, 1.807) is 18.6 Å².